The van der Waals surface area contributed by atoms with E-state index in [9.17, 15) is 0 Å². The Labute approximate surface area is 166 Å². The molecule has 2 aromatic heterocycles. The minimum Gasteiger partial charge on any atom is -0.475 e. The van der Waals surface area contributed by atoms with Crippen LogP contribution >= 0.6 is 11.3 Å². The number of hydrogen-bond donors (Lipinski definition) is 2. The van der Waals surface area contributed by atoms with Gasteiger partial charge in [-0.2, -0.15) is 0 Å². The summed E-state index contributed by atoms with van der Waals surface area (Å²) in [5.41, 5.74) is 1.04. The maximum absolute atomic E-state index is 5.48. The van der Waals surface area contributed by atoms with Gasteiger partial charge in [0.15, 0.2) is 5.96 Å². The summed E-state index contributed by atoms with van der Waals surface area (Å²) >= 11 is 1.85. The van der Waals surface area contributed by atoms with E-state index in [0.29, 0.717) is 31.7 Å². The Balaban J connectivity index is 1.88. The van der Waals surface area contributed by atoms with Gasteiger partial charge in [0.25, 0.3) is 0 Å². The summed E-state index contributed by atoms with van der Waals surface area (Å²) in [6.07, 6.45) is 2.78. The monoisotopic (exact) mass is 390 g/mol. The lowest BCUT2D eigenvalue weighted by Gasteiger charge is -2.17. The minimum atomic E-state index is 0.301. The average molecular weight is 391 g/mol. The van der Waals surface area contributed by atoms with Crippen molar-refractivity contribution in [2.24, 2.45) is 4.99 Å². The summed E-state index contributed by atoms with van der Waals surface area (Å²) in [5, 5.41) is 6.78. The van der Waals surface area contributed by atoms with E-state index in [1.165, 1.54) is 9.75 Å². The van der Waals surface area contributed by atoms with Gasteiger partial charge >= 0.3 is 0 Å². The third-order valence-electron chi connectivity index (χ3n) is 3.79. The zero-order valence-electron chi connectivity index (χ0n) is 16.6. The molecule has 2 N–H and O–H groups in total. The fourth-order valence-electron chi connectivity index (χ4n) is 2.49. The van der Waals surface area contributed by atoms with Crippen molar-refractivity contribution in [3.8, 4) is 5.88 Å². The highest BCUT2D eigenvalue weighted by Crippen LogP contribution is 2.16. The second-order valence-corrected chi connectivity index (χ2v) is 7.68. The van der Waals surface area contributed by atoms with Crippen molar-refractivity contribution in [3.63, 3.8) is 0 Å². The molecule has 7 heteroatoms. The molecule has 1 atom stereocenters. The molecular formula is C20H30N4O2S. The Morgan fingerprint density at radius 1 is 1.26 bits per heavy atom. The summed E-state index contributed by atoms with van der Waals surface area (Å²) in [5.74, 6) is 1.42. The highest BCUT2D eigenvalue weighted by Gasteiger charge is 2.08. The number of hydrogen-bond acceptors (Lipinski definition) is 5. The van der Waals surface area contributed by atoms with Crippen LogP contribution in [0.15, 0.2) is 35.5 Å². The van der Waals surface area contributed by atoms with Crippen molar-refractivity contribution < 1.29 is 9.47 Å². The standard InChI is InChI=1S/C20H30N4O2S/c1-5-21-20(24-15(2)12-18-8-6-16(3)27-18)23-14-17-7-9-19(22-13-17)26-11-10-25-4/h6-9,13,15H,5,10-12,14H2,1-4H3,(H2,21,23,24). The number of nitrogens with one attached hydrogen (secondary N) is 2. The molecule has 6 nitrogen and oxygen atoms in total. The Morgan fingerprint density at radius 2 is 2.11 bits per heavy atom. The molecule has 148 valence electrons. The lowest BCUT2D eigenvalue weighted by molar-refractivity contribution is 0.143. The molecular weight excluding hydrogens is 360 g/mol. The van der Waals surface area contributed by atoms with E-state index >= 15 is 0 Å². The predicted octanol–water partition coefficient (Wildman–Crippen LogP) is 3.16. The van der Waals surface area contributed by atoms with E-state index in [1.807, 2.05) is 23.5 Å². The predicted molar refractivity (Wildman–Crippen MR) is 112 cm³/mol. The normalized spacial score (nSPS) is 12.7. The maximum Gasteiger partial charge on any atom is 0.213 e. The lowest BCUT2D eigenvalue weighted by Crippen LogP contribution is -2.43. The van der Waals surface area contributed by atoms with Crippen LogP contribution < -0.4 is 15.4 Å². The summed E-state index contributed by atoms with van der Waals surface area (Å²) in [6, 6.07) is 8.52. The number of thiophene rings is 1. The van der Waals surface area contributed by atoms with Crippen molar-refractivity contribution >= 4 is 17.3 Å². The average Bonchev–Trinajstić information content (AvgIpc) is 3.06. The topological polar surface area (TPSA) is 67.8 Å². The SMILES string of the molecule is CCNC(=NCc1ccc(OCCOC)nc1)NC(C)Cc1ccc(C)s1. The molecule has 0 amide bonds. The highest BCUT2D eigenvalue weighted by molar-refractivity contribution is 7.11. The molecule has 0 saturated heterocycles. The Morgan fingerprint density at radius 3 is 2.74 bits per heavy atom. The molecule has 1 unspecified atom stereocenters. The Bertz CT molecular complexity index is 700. The van der Waals surface area contributed by atoms with Gasteiger partial charge in [-0.05, 0) is 38.5 Å². The number of rotatable bonds is 10. The van der Waals surface area contributed by atoms with E-state index < -0.39 is 0 Å². The van der Waals surface area contributed by atoms with E-state index in [1.54, 1.807) is 13.3 Å². The van der Waals surface area contributed by atoms with Crippen molar-refractivity contribution in [3.05, 3.63) is 45.8 Å². The molecule has 0 spiro atoms. The zero-order valence-corrected chi connectivity index (χ0v) is 17.4. The van der Waals surface area contributed by atoms with Gasteiger partial charge in [-0.15, -0.1) is 11.3 Å². The molecule has 0 aliphatic heterocycles. The van der Waals surface area contributed by atoms with Crippen LogP contribution in [-0.2, 0) is 17.7 Å². The third-order valence-corrected chi connectivity index (χ3v) is 4.81. The molecule has 0 aliphatic carbocycles. The molecule has 0 saturated carbocycles. The number of pyridine rings is 1. The van der Waals surface area contributed by atoms with Crippen LogP contribution in [0.2, 0.25) is 0 Å². The molecule has 2 heterocycles. The van der Waals surface area contributed by atoms with Crippen LogP contribution in [0, 0.1) is 6.92 Å². The zero-order chi connectivity index (χ0) is 19.5. The van der Waals surface area contributed by atoms with E-state index in [0.717, 1.165) is 24.5 Å². The third kappa shape index (κ3) is 7.97. The largest absolute Gasteiger partial charge is 0.475 e. The maximum atomic E-state index is 5.48. The molecule has 0 aliphatic rings. The molecule has 2 rings (SSSR count). The molecule has 0 bridgehead atoms. The van der Waals surface area contributed by atoms with Crippen molar-refractivity contribution in [2.75, 3.05) is 26.9 Å². The first-order valence-corrected chi connectivity index (χ1v) is 10.1. The van der Waals surface area contributed by atoms with Gasteiger partial charge in [0, 0.05) is 48.1 Å². The second kappa shape index (κ2) is 11.6. The fourth-order valence-corrected chi connectivity index (χ4v) is 3.51. The number of aliphatic imine (C=N–C) groups is 1. The number of guanidine groups is 1. The number of nitrogens with zero attached hydrogens (tertiary/aromatic N) is 2. The lowest BCUT2D eigenvalue weighted by atomic mass is 10.2. The van der Waals surface area contributed by atoms with Gasteiger partial charge in [0.2, 0.25) is 5.88 Å². The van der Waals surface area contributed by atoms with Gasteiger partial charge in [0.05, 0.1) is 13.2 Å². The molecule has 0 fully saturated rings. The number of aryl methyl sites for hydroxylation is 1. The van der Waals surface area contributed by atoms with Crippen molar-refractivity contribution in [1.29, 1.82) is 0 Å². The van der Waals surface area contributed by atoms with Crippen molar-refractivity contribution in [1.82, 2.24) is 15.6 Å². The summed E-state index contributed by atoms with van der Waals surface area (Å²) in [6.45, 7) is 8.81. The van der Waals surface area contributed by atoms with Crippen LogP contribution in [0.25, 0.3) is 0 Å². The van der Waals surface area contributed by atoms with Gasteiger partial charge in [-0.25, -0.2) is 9.98 Å². The van der Waals surface area contributed by atoms with E-state index in [4.69, 9.17) is 9.47 Å². The molecule has 2 aromatic rings. The van der Waals surface area contributed by atoms with Crippen LogP contribution in [0.1, 0.15) is 29.2 Å². The van der Waals surface area contributed by atoms with Gasteiger partial charge in [-0.1, -0.05) is 6.07 Å². The molecule has 0 aromatic carbocycles. The van der Waals surface area contributed by atoms with Crippen LogP contribution in [0.4, 0.5) is 0 Å². The van der Waals surface area contributed by atoms with Gasteiger partial charge in [-0.3, -0.25) is 0 Å². The fraction of sp³-hybridized carbons (Fsp3) is 0.500. The Hall–Kier alpha value is -2.12. The van der Waals surface area contributed by atoms with Crippen LogP contribution in [0.5, 0.6) is 5.88 Å². The summed E-state index contributed by atoms with van der Waals surface area (Å²) in [7, 11) is 1.65. The quantitative estimate of drug-likeness (QED) is 0.371. The summed E-state index contributed by atoms with van der Waals surface area (Å²) in [4.78, 5) is 11.7. The summed E-state index contributed by atoms with van der Waals surface area (Å²) < 4.78 is 10.4. The van der Waals surface area contributed by atoms with Gasteiger partial charge < -0.3 is 20.1 Å². The van der Waals surface area contributed by atoms with Gasteiger partial charge in [0.1, 0.15) is 6.61 Å². The Kier molecular flexibility index (Phi) is 9.07. The number of methoxy groups -OCH3 is 1. The first-order valence-electron chi connectivity index (χ1n) is 9.27. The smallest absolute Gasteiger partial charge is 0.213 e. The number of ether oxygens (including phenoxy) is 2. The van der Waals surface area contributed by atoms with E-state index in [-0.39, 0.29) is 0 Å². The first kappa shape index (κ1) is 21.2. The number of aromatic nitrogens is 1. The first-order chi connectivity index (χ1) is 13.1. The van der Waals surface area contributed by atoms with Crippen LogP contribution in [-0.4, -0.2) is 43.9 Å². The minimum absolute atomic E-state index is 0.301. The van der Waals surface area contributed by atoms with Crippen LogP contribution in [0.3, 0.4) is 0 Å². The van der Waals surface area contributed by atoms with E-state index in [2.05, 4.69) is 53.5 Å². The second-order valence-electron chi connectivity index (χ2n) is 6.30. The molecule has 0 radical (unpaired) electrons. The molecule has 27 heavy (non-hydrogen) atoms. The van der Waals surface area contributed by atoms with Crippen molar-refractivity contribution in [2.45, 2.75) is 39.8 Å². The highest BCUT2D eigenvalue weighted by atomic mass is 32.1.